The molecule has 1 aliphatic rings. The zero-order valence-corrected chi connectivity index (χ0v) is 8.38. The normalized spacial score (nSPS) is 26.0. The van der Waals surface area contributed by atoms with Crippen LogP contribution in [0, 0.1) is 5.92 Å². The fourth-order valence-electron chi connectivity index (χ4n) is 2.04. The van der Waals surface area contributed by atoms with Crippen LogP contribution < -0.4 is 0 Å². The molecule has 0 N–H and O–H groups in total. The predicted molar refractivity (Wildman–Crippen MR) is 51.3 cm³/mol. The van der Waals surface area contributed by atoms with Crippen molar-refractivity contribution in [3.05, 3.63) is 0 Å². The van der Waals surface area contributed by atoms with Crippen molar-refractivity contribution in [2.45, 2.75) is 26.2 Å². The third-order valence-corrected chi connectivity index (χ3v) is 2.55. The maximum absolute atomic E-state index is 5.18. The van der Waals surface area contributed by atoms with Crippen LogP contribution in [0.1, 0.15) is 26.2 Å². The number of hydrogen-bond acceptors (Lipinski definition) is 2. The molecule has 0 saturated carbocycles. The van der Waals surface area contributed by atoms with E-state index in [1.54, 1.807) is 7.11 Å². The van der Waals surface area contributed by atoms with Crippen LogP contribution in [0.3, 0.4) is 0 Å². The molecule has 0 aliphatic carbocycles. The van der Waals surface area contributed by atoms with E-state index in [2.05, 4.69) is 11.8 Å². The minimum atomic E-state index is 0.787. The largest absolute Gasteiger partial charge is 0.384 e. The van der Waals surface area contributed by atoms with Gasteiger partial charge in [-0.2, -0.15) is 0 Å². The minimum absolute atomic E-state index is 0.787. The van der Waals surface area contributed by atoms with E-state index in [9.17, 15) is 0 Å². The molecule has 2 heteroatoms. The topological polar surface area (TPSA) is 12.5 Å². The van der Waals surface area contributed by atoms with Gasteiger partial charge in [0, 0.05) is 13.7 Å². The van der Waals surface area contributed by atoms with Crippen LogP contribution in [0.4, 0.5) is 0 Å². The lowest BCUT2D eigenvalue weighted by molar-refractivity contribution is 0.0908. The zero-order valence-electron chi connectivity index (χ0n) is 8.38. The first-order valence-electron chi connectivity index (χ1n) is 5.08. The summed E-state index contributed by atoms with van der Waals surface area (Å²) in [6.07, 6.45) is 3.99. The molecule has 1 heterocycles. The zero-order chi connectivity index (χ0) is 8.81. The maximum atomic E-state index is 5.18. The molecule has 0 spiro atoms. The highest BCUT2D eigenvalue weighted by Crippen LogP contribution is 2.16. The van der Waals surface area contributed by atoms with E-state index < -0.39 is 0 Å². The molecule has 1 saturated heterocycles. The van der Waals surface area contributed by atoms with Crippen LogP contribution in [-0.4, -0.2) is 38.3 Å². The smallest absolute Gasteiger partial charge is 0.0502 e. The summed E-state index contributed by atoms with van der Waals surface area (Å²) in [5.41, 5.74) is 0. The van der Waals surface area contributed by atoms with Gasteiger partial charge in [0.1, 0.15) is 0 Å². The minimum Gasteiger partial charge on any atom is -0.384 e. The van der Waals surface area contributed by atoms with Crippen LogP contribution in [0.15, 0.2) is 0 Å². The Morgan fingerprint density at radius 3 is 3.00 bits per heavy atom. The number of nitrogens with zero attached hydrogens (tertiary/aromatic N) is 1. The molecule has 1 unspecified atom stereocenters. The SMILES string of the molecule is CCCN1CCCC(COC)C1. The number of ether oxygens (including phenoxy) is 1. The first-order valence-corrected chi connectivity index (χ1v) is 5.08. The Kier molecular flexibility index (Phi) is 4.62. The fourth-order valence-corrected chi connectivity index (χ4v) is 2.04. The molecule has 1 aliphatic heterocycles. The van der Waals surface area contributed by atoms with Crippen LogP contribution in [0.25, 0.3) is 0 Å². The molecular weight excluding hydrogens is 150 g/mol. The van der Waals surface area contributed by atoms with Gasteiger partial charge in [-0.05, 0) is 38.3 Å². The molecule has 0 radical (unpaired) electrons. The Bertz CT molecular complexity index is 100. The highest BCUT2D eigenvalue weighted by Gasteiger charge is 2.18. The van der Waals surface area contributed by atoms with Crippen molar-refractivity contribution in [3.63, 3.8) is 0 Å². The monoisotopic (exact) mass is 171 g/mol. The van der Waals surface area contributed by atoms with E-state index in [1.807, 2.05) is 0 Å². The van der Waals surface area contributed by atoms with E-state index in [0.717, 1.165) is 12.5 Å². The summed E-state index contributed by atoms with van der Waals surface area (Å²) < 4.78 is 5.18. The van der Waals surface area contributed by atoms with Crippen molar-refractivity contribution in [3.8, 4) is 0 Å². The van der Waals surface area contributed by atoms with E-state index in [0.29, 0.717) is 0 Å². The van der Waals surface area contributed by atoms with Gasteiger partial charge in [-0.15, -0.1) is 0 Å². The molecule has 0 aromatic rings. The molecule has 2 nitrogen and oxygen atoms in total. The highest BCUT2D eigenvalue weighted by atomic mass is 16.5. The number of rotatable bonds is 4. The number of methoxy groups -OCH3 is 1. The maximum Gasteiger partial charge on any atom is 0.0502 e. The summed E-state index contributed by atoms with van der Waals surface area (Å²) in [6.45, 7) is 7.01. The van der Waals surface area contributed by atoms with Crippen molar-refractivity contribution in [1.29, 1.82) is 0 Å². The summed E-state index contributed by atoms with van der Waals surface area (Å²) in [7, 11) is 1.80. The first kappa shape index (κ1) is 10.0. The standard InChI is InChI=1S/C10H21NO/c1-3-6-11-7-4-5-10(8-11)9-12-2/h10H,3-9H2,1-2H3. The average molecular weight is 171 g/mol. The molecule has 72 valence electrons. The average Bonchev–Trinajstić information content (AvgIpc) is 2.06. The molecule has 0 amide bonds. The second-order valence-corrected chi connectivity index (χ2v) is 3.76. The third-order valence-electron chi connectivity index (χ3n) is 2.55. The molecule has 12 heavy (non-hydrogen) atoms. The van der Waals surface area contributed by atoms with Crippen molar-refractivity contribution < 1.29 is 4.74 Å². The Hall–Kier alpha value is -0.0800. The lowest BCUT2D eigenvalue weighted by atomic mass is 9.99. The summed E-state index contributed by atoms with van der Waals surface area (Å²) in [6, 6.07) is 0. The van der Waals surface area contributed by atoms with Gasteiger partial charge < -0.3 is 9.64 Å². The lowest BCUT2D eigenvalue weighted by Gasteiger charge is -2.31. The summed E-state index contributed by atoms with van der Waals surface area (Å²) >= 11 is 0. The van der Waals surface area contributed by atoms with E-state index in [1.165, 1.54) is 38.9 Å². The van der Waals surface area contributed by atoms with Crippen molar-refractivity contribution in [2.75, 3.05) is 33.4 Å². The summed E-state index contributed by atoms with van der Waals surface area (Å²) in [5, 5.41) is 0. The second kappa shape index (κ2) is 5.55. The summed E-state index contributed by atoms with van der Waals surface area (Å²) in [5.74, 6) is 0.787. The van der Waals surface area contributed by atoms with E-state index >= 15 is 0 Å². The fraction of sp³-hybridized carbons (Fsp3) is 1.00. The van der Waals surface area contributed by atoms with Gasteiger partial charge >= 0.3 is 0 Å². The van der Waals surface area contributed by atoms with Gasteiger partial charge in [-0.3, -0.25) is 0 Å². The Morgan fingerprint density at radius 1 is 1.50 bits per heavy atom. The second-order valence-electron chi connectivity index (χ2n) is 3.76. The van der Waals surface area contributed by atoms with Gasteiger partial charge in [0.05, 0.1) is 6.61 Å². The van der Waals surface area contributed by atoms with Crippen LogP contribution in [-0.2, 0) is 4.74 Å². The van der Waals surface area contributed by atoms with Crippen molar-refractivity contribution in [1.82, 2.24) is 4.90 Å². The van der Waals surface area contributed by atoms with Crippen molar-refractivity contribution >= 4 is 0 Å². The van der Waals surface area contributed by atoms with Crippen LogP contribution in [0.2, 0.25) is 0 Å². The van der Waals surface area contributed by atoms with Gasteiger partial charge in [0.15, 0.2) is 0 Å². The molecule has 1 rings (SSSR count). The highest BCUT2D eigenvalue weighted by molar-refractivity contribution is 4.71. The number of piperidine rings is 1. The van der Waals surface area contributed by atoms with E-state index in [-0.39, 0.29) is 0 Å². The summed E-state index contributed by atoms with van der Waals surface area (Å²) in [4.78, 5) is 2.56. The van der Waals surface area contributed by atoms with Gasteiger partial charge in [-0.1, -0.05) is 6.92 Å². The Morgan fingerprint density at radius 2 is 2.33 bits per heavy atom. The quantitative estimate of drug-likeness (QED) is 0.639. The first-order chi connectivity index (χ1) is 5.86. The van der Waals surface area contributed by atoms with Crippen molar-refractivity contribution in [2.24, 2.45) is 5.92 Å². The van der Waals surface area contributed by atoms with Crippen LogP contribution in [0.5, 0.6) is 0 Å². The van der Waals surface area contributed by atoms with E-state index in [4.69, 9.17) is 4.74 Å². The number of likely N-dealkylation sites (tertiary alicyclic amines) is 1. The molecule has 1 fully saturated rings. The van der Waals surface area contributed by atoms with Gasteiger partial charge in [0.25, 0.3) is 0 Å². The molecule has 0 aromatic carbocycles. The lowest BCUT2D eigenvalue weighted by Crippen LogP contribution is -2.37. The van der Waals surface area contributed by atoms with Gasteiger partial charge in [0.2, 0.25) is 0 Å². The van der Waals surface area contributed by atoms with Gasteiger partial charge in [-0.25, -0.2) is 0 Å². The molecule has 0 bridgehead atoms. The number of hydrogen-bond donors (Lipinski definition) is 0. The predicted octanol–water partition coefficient (Wildman–Crippen LogP) is 1.75. The molecule has 0 aromatic heterocycles. The van der Waals surface area contributed by atoms with Crippen LogP contribution >= 0.6 is 0 Å². The Labute approximate surface area is 75.9 Å². The Balaban J connectivity index is 2.20. The third kappa shape index (κ3) is 3.11. The molecular formula is C10H21NO. The molecule has 1 atom stereocenters.